The molecule has 2 aromatic rings. The van der Waals surface area contributed by atoms with Gasteiger partial charge in [0.1, 0.15) is 11.4 Å². The first-order valence-corrected chi connectivity index (χ1v) is 10.6. The van der Waals surface area contributed by atoms with Crippen molar-refractivity contribution in [1.82, 2.24) is 4.90 Å². The highest BCUT2D eigenvalue weighted by molar-refractivity contribution is 6.30. The molecule has 0 aliphatic carbocycles. The molecule has 4 rings (SSSR count). The Morgan fingerprint density at radius 3 is 2.47 bits per heavy atom. The zero-order valence-electron chi connectivity index (χ0n) is 16.9. The van der Waals surface area contributed by atoms with Crippen molar-refractivity contribution in [1.29, 1.82) is 0 Å². The largest absolute Gasteiger partial charge is 0.486 e. The quantitative estimate of drug-likeness (QED) is 0.669. The van der Waals surface area contributed by atoms with Crippen molar-refractivity contribution in [3.63, 3.8) is 0 Å². The molecule has 0 N–H and O–H groups in total. The topological polar surface area (TPSA) is 63.7 Å². The maximum atomic E-state index is 12.7. The Balaban J connectivity index is 1.32. The minimum atomic E-state index is -0.532. The Kier molecular flexibility index (Phi) is 5.65. The zero-order chi connectivity index (χ0) is 21.3. The number of rotatable bonds is 4. The number of Topliss-reactive ketones (excluding diaryl/α,β-unsaturated/α-hetero) is 2. The van der Waals surface area contributed by atoms with Crippen LogP contribution in [0.15, 0.2) is 42.5 Å². The molecule has 0 radical (unpaired) electrons. The van der Waals surface area contributed by atoms with E-state index < -0.39 is 5.60 Å². The average Bonchev–Trinajstić information content (AvgIpc) is 2.73. The molecule has 0 bridgehead atoms. The Labute approximate surface area is 181 Å². The molecule has 1 spiro atoms. The van der Waals surface area contributed by atoms with Gasteiger partial charge in [-0.25, -0.2) is 0 Å². The number of ketones is 2. The molecule has 1 saturated heterocycles. The molecule has 2 aliphatic heterocycles. The minimum Gasteiger partial charge on any atom is -0.486 e. The molecule has 2 aromatic carbocycles. The van der Waals surface area contributed by atoms with E-state index in [-0.39, 0.29) is 30.3 Å². The fourth-order valence-electron chi connectivity index (χ4n) is 4.21. The van der Waals surface area contributed by atoms with E-state index in [1.54, 1.807) is 29.2 Å². The van der Waals surface area contributed by atoms with E-state index >= 15 is 0 Å². The Morgan fingerprint density at radius 2 is 1.77 bits per heavy atom. The van der Waals surface area contributed by atoms with Gasteiger partial charge in [-0.2, -0.15) is 0 Å². The lowest BCUT2D eigenvalue weighted by molar-refractivity contribution is -0.134. The van der Waals surface area contributed by atoms with Gasteiger partial charge in [0.25, 0.3) is 0 Å². The fourth-order valence-corrected chi connectivity index (χ4v) is 4.34. The van der Waals surface area contributed by atoms with Crippen molar-refractivity contribution < 1.29 is 19.1 Å². The summed E-state index contributed by atoms with van der Waals surface area (Å²) < 4.78 is 6.26. The first-order valence-electron chi connectivity index (χ1n) is 10.2. The van der Waals surface area contributed by atoms with Crippen LogP contribution in [-0.2, 0) is 4.79 Å². The number of hydrogen-bond donors (Lipinski definition) is 0. The third-order valence-corrected chi connectivity index (χ3v) is 6.26. The minimum absolute atomic E-state index is 0.0367. The second-order valence-corrected chi connectivity index (χ2v) is 8.63. The van der Waals surface area contributed by atoms with Gasteiger partial charge in [-0.15, -0.1) is 0 Å². The number of ether oxygens (including phenoxy) is 1. The van der Waals surface area contributed by atoms with Crippen molar-refractivity contribution in [3.8, 4) is 5.75 Å². The van der Waals surface area contributed by atoms with Gasteiger partial charge in [0, 0.05) is 49.4 Å². The SMILES string of the molecule is Cc1ccc2c(c1)C(=O)CC1(CCN(C(=O)CCC(=O)c3ccc(Cl)cc3)CC1)O2. The van der Waals surface area contributed by atoms with Crippen LogP contribution >= 0.6 is 11.6 Å². The van der Waals surface area contributed by atoms with E-state index in [2.05, 4.69) is 0 Å². The molecule has 0 aromatic heterocycles. The van der Waals surface area contributed by atoms with E-state index in [0.29, 0.717) is 54.3 Å². The maximum Gasteiger partial charge on any atom is 0.223 e. The van der Waals surface area contributed by atoms with Crippen LogP contribution in [0.25, 0.3) is 0 Å². The number of carbonyl (C=O) groups is 3. The molecule has 0 unspecified atom stereocenters. The highest BCUT2D eigenvalue weighted by atomic mass is 35.5. The standard InChI is InChI=1S/C24H24ClNO4/c1-16-2-8-22-19(14-16)21(28)15-24(30-22)10-12-26(13-11-24)23(29)9-7-20(27)17-3-5-18(25)6-4-17/h2-6,8,14H,7,9-13,15H2,1H3. The first-order chi connectivity index (χ1) is 14.3. The van der Waals surface area contributed by atoms with Gasteiger partial charge in [0.2, 0.25) is 5.91 Å². The van der Waals surface area contributed by atoms with Crippen molar-refractivity contribution in [2.75, 3.05) is 13.1 Å². The van der Waals surface area contributed by atoms with Crippen molar-refractivity contribution in [2.45, 2.75) is 44.6 Å². The summed E-state index contributed by atoms with van der Waals surface area (Å²) in [7, 11) is 0. The summed E-state index contributed by atoms with van der Waals surface area (Å²) in [5.74, 6) is 0.644. The molecular formula is C24H24ClNO4. The van der Waals surface area contributed by atoms with Crippen LogP contribution in [0.1, 0.15) is 58.4 Å². The molecule has 1 amide bonds. The van der Waals surface area contributed by atoms with Crippen molar-refractivity contribution in [2.24, 2.45) is 0 Å². The summed E-state index contributed by atoms with van der Waals surface area (Å²) in [4.78, 5) is 39.3. The third-order valence-electron chi connectivity index (χ3n) is 6.00. The molecule has 5 nitrogen and oxygen atoms in total. The summed E-state index contributed by atoms with van der Waals surface area (Å²) in [6, 6.07) is 12.4. The number of piperidine rings is 1. The van der Waals surface area contributed by atoms with Gasteiger partial charge < -0.3 is 9.64 Å². The maximum absolute atomic E-state index is 12.7. The highest BCUT2D eigenvalue weighted by Crippen LogP contribution is 2.39. The molecule has 6 heteroatoms. The van der Waals surface area contributed by atoms with Crippen molar-refractivity contribution >= 4 is 29.1 Å². The molecule has 2 aliphatic rings. The van der Waals surface area contributed by atoms with Gasteiger partial charge in [0.15, 0.2) is 11.6 Å². The van der Waals surface area contributed by atoms with Gasteiger partial charge in [-0.3, -0.25) is 14.4 Å². The second-order valence-electron chi connectivity index (χ2n) is 8.20. The first kappa shape index (κ1) is 20.6. The molecule has 2 heterocycles. The van der Waals surface area contributed by atoms with E-state index in [9.17, 15) is 14.4 Å². The number of amides is 1. The molecule has 1 fully saturated rings. The van der Waals surface area contributed by atoms with E-state index in [4.69, 9.17) is 16.3 Å². The van der Waals surface area contributed by atoms with E-state index in [0.717, 1.165) is 5.56 Å². The lowest BCUT2D eigenvalue weighted by atomic mass is 9.82. The monoisotopic (exact) mass is 425 g/mol. The van der Waals surface area contributed by atoms with Crippen LogP contribution in [0.3, 0.4) is 0 Å². The number of benzene rings is 2. The molecule has 0 saturated carbocycles. The number of aryl methyl sites for hydroxylation is 1. The number of likely N-dealkylation sites (tertiary alicyclic amines) is 1. The smallest absolute Gasteiger partial charge is 0.223 e. The van der Waals surface area contributed by atoms with E-state index in [1.807, 2.05) is 25.1 Å². The summed E-state index contributed by atoms with van der Waals surface area (Å²) in [5.41, 5.74) is 1.72. The lowest BCUT2D eigenvalue weighted by Gasteiger charge is -2.44. The zero-order valence-corrected chi connectivity index (χ0v) is 17.7. The predicted octanol–water partition coefficient (Wildman–Crippen LogP) is 4.64. The van der Waals surface area contributed by atoms with E-state index in [1.165, 1.54) is 0 Å². The predicted molar refractivity (Wildman–Crippen MR) is 114 cm³/mol. The normalized spacial score (nSPS) is 17.4. The van der Waals surface area contributed by atoms with Crippen LogP contribution in [0.4, 0.5) is 0 Å². The highest BCUT2D eigenvalue weighted by Gasteiger charge is 2.43. The summed E-state index contributed by atoms with van der Waals surface area (Å²) in [6.07, 6.45) is 1.92. The van der Waals surface area contributed by atoms with Crippen LogP contribution in [-0.4, -0.2) is 41.1 Å². The van der Waals surface area contributed by atoms with Crippen LogP contribution < -0.4 is 4.74 Å². The Morgan fingerprint density at radius 1 is 1.07 bits per heavy atom. The van der Waals surface area contributed by atoms with Crippen LogP contribution in [0, 0.1) is 6.92 Å². The summed E-state index contributed by atoms with van der Waals surface area (Å²) in [6.45, 7) is 3.02. The summed E-state index contributed by atoms with van der Waals surface area (Å²) in [5, 5.41) is 0.575. The Hall–Kier alpha value is -2.66. The number of nitrogens with zero attached hydrogens (tertiary/aromatic N) is 1. The van der Waals surface area contributed by atoms with Gasteiger partial charge in [0.05, 0.1) is 12.0 Å². The van der Waals surface area contributed by atoms with Crippen LogP contribution in [0.2, 0.25) is 5.02 Å². The molecule has 0 atom stereocenters. The number of fused-ring (bicyclic) bond motifs is 1. The molecule has 30 heavy (non-hydrogen) atoms. The number of hydrogen-bond acceptors (Lipinski definition) is 4. The van der Waals surface area contributed by atoms with Crippen LogP contribution in [0.5, 0.6) is 5.75 Å². The van der Waals surface area contributed by atoms with Gasteiger partial charge in [-0.1, -0.05) is 23.2 Å². The van der Waals surface area contributed by atoms with Gasteiger partial charge >= 0.3 is 0 Å². The third kappa shape index (κ3) is 4.26. The molecule has 156 valence electrons. The second kappa shape index (κ2) is 8.23. The lowest BCUT2D eigenvalue weighted by Crippen LogP contribution is -2.52. The average molecular weight is 426 g/mol. The fraction of sp³-hybridized carbons (Fsp3) is 0.375. The summed E-state index contributed by atoms with van der Waals surface area (Å²) >= 11 is 5.85. The molecular weight excluding hydrogens is 402 g/mol. The Bertz CT molecular complexity index is 991. The van der Waals surface area contributed by atoms with Crippen molar-refractivity contribution in [3.05, 3.63) is 64.2 Å². The number of carbonyl (C=O) groups excluding carboxylic acids is 3. The van der Waals surface area contributed by atoms with Gasteiger partial charge in [-0.05, 0) is 43.3 Å². The number of halogens is 1.